The molecule has 0 unspecified atom stereocenters. The van der Waals surface area contributed by atoms with Crippen molar-refractivity contribution < 1.29 is 18.0 Å². The maximum absolute atomic E-state index is 12.5. The zero-order chi connectivity index (χ0) is 14.5. The minimum atomic E-state index is -4.39. The van der Waals surface area contributed by atoms with E-state index in [1.165, 1.54) is 24.3 Å². The van der Waals surface area contributed by atoms with Crippen LogP contribution in [0.4, 0.5) is 18.9 Å². The molecule has 0 aromatic heterocycles. The van der Waals surface area contributed by atoms with Gasteiger partial charge in [-0.15, -0.1) is 0 Å². The summed E-state index contributed by atoms with van der Waals surface area (Å²) >= 11 is 0. The fraction of sp³-hybridized carbons (Fsp3) is 0.462. The van der Waals surface area contributed by atoms with Gasteiger partial charge in [0.15, 0.2) is 0 Å². The number of rotatable bonds is 5. The normalized spacial score (nSPS) is 11.4. The molecule has 0 radical (unpaired) electrons. The molecule has 1 aromatic carbocycles. The summed E-state index contributed by atoms with van der Waals surface area (Å²) in [6.07, 6.45) is -3.13. The molecule has 0 heterocycles. The number of carbonyl (C=O) groups is 1. The Morgan fingerprint density at radius 1 is 1.26 bits per heavy atom. The summed E-state index contributed by atoms with van der Waals surface area (Å²) in [5, 5.41) is 0. The third-order valence-corrected chi connectivity index (χ3v) is 2.60. The van der Waals surface area contributed by atoms with Crippen molar-refractivity contribution in [3.8, 4) is 0 Å². The van der Waals surface area contributed by atoms with Crippen LogP contribution in [0.15, 0.2) is 24.3 Å². The Bertz CT molecular complexity index is 415. The highest BCUT2D eigenvalue weighted by Crippen LogP contribution is 2.19. The summed E-state index contributed by atoms with van der Waals surface area (Å²) in [6.45, 7) is 0.731. The van der Waals surface area contributed by atoms with Gasteiger partial charge < -0.3 is 10.6 Å². The summed E-state index contributed by atoms with van der Waals surface area (Å²) in [4.78, 5) is 12.9. The van der Waals surface area contributed by atoms with E-state index in [4.69, 9.17) is 5.73 Å². The first-order chi connectivity index (χ1) is 8.83. The molecular formula is C13H17F3N2O. The Kier molecular flexibility index (Phi) is 5.20. The molecule has 0 saturated carbocycles. The quantitative estimate of drug-likeness (QED) is 0.839. The van der Waals surface area contributed by atoms with Gasteiger partial charge in [0.2, 0.25) is 0 Å². The van der Waals surface area contributed by atoms with Crippen LogP contribution in [0.25, 0.3) is 0 Å². The molecule has 1 aromatic rings. The molecule has 106 valence electrons. The van der Waals surface area contributed by atoms with Gasteiger partial charge in [0.05, 0.1) is 0 Å². The summed E-state index contributed by atoms with van der Waals surface area (Å²) < 4.78 is 37.4. The molecule has 2 N–H and O–H groups in total. The molecule has 0 aliphatic carbocycles. The lowest BCUT2D eigenvalue weighted by atomic mass is 10.1. The third-order valence-electron chi connectivity index (χ3n) is 2.60. The van der Waals surface area contributed by atoms with Crippen LogP contribution >= 0.6 is 0 Å². The minimum Gasteiger partial charge on any atom is -0.399 e. The summed E-state index contributed by atoms with van der Waals surface area (Å²) in [6, 6.07) is 5.87. The second kappa shape index (κ2) is 6.45. The van der Waals surface area contributed by atoms with Crippen LogP contribution in [0.1, 0.15) is 30.1 Å². The highest BCUT2D eigenvalue weighted by atomic mass is 19.4. The maximum Gasteiger partial charge on any atom is 0.406 e. The molecule has 0 atom stereocenters. The monoisotopic (exact) mass is 274 g/mol. The predicted molar refractivity (Wildman–Crippen MR) is 67.7 cm³/mol. The van der Waals surface area contributed by atoms with E-state index in [1.807, 2.05) is 6.92 Å². The van der Waals surface area contributed by atoms with Crippen molar-refractivity contribution >= 4 is 11.6 Å². The van der Waals surface area contributed by atoms with E-state index in [9.17, 15) is 18.0 Å². The zero-order valence-corrected chi connectivity index (χ0v) is 10.7. The highest BCUT2D eigenvalue weighted by Gasteiger charge is 2.33. The fourth-order valence-corrected chi connectivity index (χ4v) is 1.63. The molecule has 6 heteroatoms. The molecule has 0 fully saturated rings. The lowest BCUT2D eigenvalue weighted by Crippen LogP contribution is -2.39. The molecule has 19 heavy (non-hydrogen) atoms. The lowest BCUT2D eigenvalue weighted by Gasteiger charge is -2.24. The molecular weight excluding hydrogens is 257 g/mol. The van der Waals surface area contributed by atoms with E-state index in [0.717, 1.165) is 11.3 Å². The van der Waals surface area contributed by atoms with E-state index in [0.29, 0.717) is 12.1 Å². The van der Waals surface area contributed by atoms with Crippen LogP contribution in [-0.2, 0) is 0 Å². The number of alkyl halides is 3. The number of unbranched alkanes of at least 4 members (excludes halogenated alkanes) is 1. The van der Waals surface area contributed by atoms with Crippen molar-refractivity contribution in [3.05, 3.63) is 29.8 Å². The van der Waals surface area contributed by atoms with Gasteiger partial charge in [-0.2, -0.15) is 13.2 Å². The van der Waals surface area contributed by atoms with E-state index >= 15 is 0 Å². The number of nitrogens with two attached hydrogens (primary N) is 1. The average molecular weight is 274 g/mol. The first-order valence-electron chi connectivity index (χ1n) is 6.05. The third kappa shape index (κ3) is 5.19. The first kappa shape index (κ1) is 15.3. The topological polar surface area (TPSA) is 46.3 Å². The Labute approximate surface area is 110 Å². The van der Waals surface area contributed by atoms with Crippen molar-refractivity contribution in [1.29, 1.82) is 0 Å². The number of nitrogens with zero attached hydrogens (tertiary/aromatic N) is 1. The maximum atomic E-state index is 12.5. The average Bonchev–Trinajstić information content (AvgIpc) is 2.33. The second-order valence-corrected chi connectivity index (χ2v) is 4.32. The highest BCUT2D eigenvalue weighted by molar-refractivity contribution is 5.94. The van der Waals surface area contributed by atoms with Gasteiger partial charge >= 0.3 is 6.18 Å². The second-order valence-electron chi connectivity index (χ2n) is 4.32. The number of nitrogen functional groups attached to an aromatic ring is 1. The molecule has 0 spiro atoms. The standard InChI is InChI=1S/C13H17F3N2O/c1-2-3-8-18(9-13(14,15)16)12(19)10-4-6-11(17)7-5-10/h4-7H,2-3,8-9,17H2,1H3. The summed E-state index contributed by atoms with van der Waals surface area (Å²) in [7, 11) is 0. The van der Waals surface area contributed by atoms with Crippen molar-refractivity contribution in [1.82, 2.24) is 4.90 Å². The largest absolute Gasteiger partial charge is 0.406 e. The number of hydrogen-bond acceptors (Lipinski definition) is 2. The number of amides is 1. The van der Waals surface area contributed by atoms with Gasteiger partial charge in [-0.3, -0.25) is 4.79 Å². The van der Waals surface area contributed by atoms with Crippen LogP contribution in [0.2, 0.25) is 0 Å². The van der Waals surface area contributed by atoms with Gasteiger partial charge in [-0.25, -0.2) is 0 Å². The van der Waals surface area contributed by atoms with Crippen molar-refractivity contribution in [2.75, 3.05) is 18.8 Å². The van der Waals surface area contributed by atoms with Crippen molar-refractivity contribution in [2.45, 2.75) is 25.9 Å². The summed E-state index contributed by atoms with van der Waals surface area (Å²) in [5.41, 5.74) is 6.16. The lowest BCUT2D eigenvalue weighted by molar-refractivity contribution is -0.140. The molecule has 3 nitrogen and oxygen atoms in total. The van der Waals surface area contributed by atoms with Crippen molar-refractivity contribution in [2.24, 2.45) is 0 Å². The molecule has 0 bridgehead atoms. The van der Waals surface area contributed by atoms with Crippen LogP contribution in [0.3, 0.4) is 0 Å². The first-order valence-corrected chi connectivity index (χ1v) is 6.05. The smallest absolute Gasteiger partial charge is 0.399 e. The van der Waals surface area contributed by atoms with Gasteiger partial charge in [0.1, 0.15) is 6.54 Å². The zero-order valence-electron chi connectivity index (χ0n) is 10.7. The molecule has 0 aliphatic heterocycles. The van der Waals surface area contributed by atoms with E-state index in [-0.39, 0.29) is 12.1 Å². The van der Waals surface area contributed by atoms with Gasteiger partial charge in [-0.1, -0.05) is 13.3 Å². The Hall–Kier alpha value is -1.72. The van der Waals surface area contributed by atoms with Gasteiger partial charge in [-0.05, 0) is 30.7 Å². The fourth-order valence-electron chi connectivity index (χ4n) is 1.63. The molecule has 1 rings (SSSR count). The number of carbonyl (C=O) groups excluding carboxylic acids is 1. The number of halogens is 3. The van der Waals surface area contributed by atoms with Crippen molar-refractivity contribution in [3.63, 3.8) is 0 Å². The summed E-state index contributed by atoms with van der Waals surface area (Å²) in [5.74, 6) is -0.620. The van der Waals surface area contributed by atoms with Crippen LogP contribution in [0.5, 0.6) is 0 Å². The van der Waals surface area contributed by atoms with Gasteiger partial charge in [0, 0.05) is 17.8 Å². The van der Waals surface area contributed by atoms with Crippen LogP contribution in [-0.4, -0.2) is 30.1 Å². The van der Waals surface area contributed by atoms with E-state index in [1.54, 1.807) is 0 Å². The number of hydrogen-bond donors (Lipinski definition) is 1. The number of anilines is 1. The van der Waals surface area contributed by atoms with Gasteiger partial charge in [0.25, 0.3) is 5.91 Å². The van der Waals surface area contributed by atoms with Crippen LogP contribution < -0.4 is 5.73 Å². The number of benzene rings is 1. The SMILES string of the molecule is CCCCN(CC(F)(F)F)C(=O)c1ccc(N)cc1. The van der Waals surface area contributed by atoms with E-state index < -0.39 is 18.6 Å². The van der Waals surface area contributed by atoms with E-state index in [2.05, 4.69) is 0 Å². The minimum absolute atomic E-state index is 0.0964. The Morgan fingerprint density at radius 3 is 2.32 bits per heavy atom. The molecule has 1 amide bonds. The Morgan fingerprint density at radius 2 is 1.84 bits per heavy atom. The molecule has 0 aliphatic rings. The van der Waals surface area contributed by atoms with Crippen LogP contribution in [0, 0.1) is 0 Å². The molecule has 0 saturated heterocycles. The Balaban J connectivity index is 2.83. The predicted octanol–water partition coefficient (Wildman–Crippen LogP) is 3.07.